The van der Waals surface area contributed by atoms with Gasteiger partial charge in [-0.05, 0) is 23.3 Å². The standard InChI is InChI=1S/C20H15FN4OS/c21-16-8-4-7-15(11-16)13-27-20-24-18-17(22-9-10-23-18)19(26)25(20)12-14-5-2-1-3-6-14/h1-11H,12-13H2. The second kappa shape index (κ2) is 7.67. The van der Waals surface area contributed by atoms with Crippen LogP contribution in [-0.4, -0.2) is 19.5 Å². The van der Waals surface area contributed by atoms with Crippen LogP contribution in [0.4, 0.5) is 4.39 Å². The van der Waals surface area contributed by atoms with Crippen molar-refractivity contribution in [2.45, 2.75) is 17.5 Å². The fourth-order valence-corrected chi connectivity index (χ4v) is 3.65. The molecule has 2 aromatic carbocycles. The van der Waals surface area contributed by atoms with Crippen molar-refractivity contribution >= 4 is 22.9 Å². The molecule has 2 aromatic heterocycles. The van der Waals surface area contributed by atoms with Crippen LogP contribution >= 0.6 is 11.8 Å². The second-order valence-corrected chi connectivity index (χ2v) is 6.86. The van der Waals surface area contributed by atoms with Crippen LogP contribution in [0.15, 0.2) is 76.9 Å². The van der Waals surface area contributed by atoms with Crippen LogP contribution in [0.1, 0.15) is 11.1 Å². The molecule has 134 valence electrons. The van der Waals surface area contributed by atoms with E-state index in [4.69, 9.17) is 0 Å². The minimum Gasteiger partial charge on any atom is -0.281 e. The Morgan fingerprint density at radius 2 is 1.74 bits per heavy atom. The van der Waals surface area contributed by atoms with E-state index in [0.29, 0.717) is 23.1 Å². The zero-order chi connectivity index (χ0) is 18.6. The van der Waals surface area contributed by atoms with Crippen LogP contribution in [0, 0.1) is 5.82 Å². The summed E-state index contributed by atoms with van der Waals surface area (Å²) in [4.78, 5) is 25.8. The smallest absolute Gasteiger partial charge is 0.281 e. The van der Waals surface area contributed by atoms with Crippen LogP contribution in [0.3, 0.4) is 0 Å². The lowest BCUT2D eigenvalue weighted by Crippen LogP contribution is -2.25. The minimum atomic E-state index is -0.285. The molecule has 5 nitrogen and oxygen atoms in total. The SMILES string of the molecule is O=c1c2nccnc2nc(SCc2cccc(F)c2)n1Cc1ccccc1. The lowest BCUT2D eigenvalue weighted by atomic mass is 10.2. The summed E-state index contributed by atoms with van der Waals surface area (Å²) < 4.78 is 15.0. The molecule has 0 atom stereocenters. The summed E-state index contributed by atoms with van der Waals surface area (Å²) in [5.41, 5.74) is 2.12. The van der Waals surface area contributed by atoms with E-state index in [1.807, 2.05) is 36.4 Å². The first-order valence-corrected chi connectivity index (χ1v) is 9.32. The van der Waals surface area contributed by atoms with Crippen LogP contribution in [-0.2, 0) is 12.3 Å². The maximum atomic E-state index is 13.4. The third-order valence-electron chi connectivity index (χ3n) is 4.00. The van der Waals surface area contributed by atoms with Gasteiger partial charge >= 0.3 is 0 Å². The van der Waals surface area contributed by atoms with E-state index in [1.165, 1.54) is 36.3 Å². The highest BCUT2D eigenvalue weighted by Crippen LogP contribution is 2.22. The molecule has 0 N–H and O–H groups in total. The molecule has 0 fully saturated rings. The summed E-state index contributed by atoms with van der Waals surface area (Å²) >= 11 is 1.37. The lowest BCUT2D eigenvalue weighted by Gasteiger charge is -2.12. The van der Waals surface area contributed by atoms with E-state index < -0.39 is 0 Å². The maximum Gasteiger partial charge on any atom is 0.282 e. The molecule has 0 saturated heterocycles. The molecule has 27 heavy (non-hydrogen) atoms. The van der Waals surface area contributed by atoms with Gasteiger partial charge in [0.05, 0.1) is 6.54 Å². The molecule has 0 spiro atoms. The van der Waals surface area contributed by atoms with Crippen LogP contribution in [0.25, 0.3) is 11.2 Å². The Bertz CT molecular complexity index is 1150. The van der Waals surface area contributed by atoms with Gasteiger partial charge in [-0.1, -0.05) is 54.2 Å². The number of hydrogen-bond acceptors (Lipinski definition) is 5. The minimum absolute atomic E-state index is 0.237. The number of fused-ring (bicyclic) bond motifs is 1. The Kier molecular flexibility index (Phi) is 4.93. The van der Waals surface area contributed by atoms with Crippen LogP contribution in [0.2, 0.25) is 0 Å². The Balaban J connectivity index is 1.75. The Hall–Kier alpha value is -3.06. The molecule has 0 aliphatic heterocycles. The van der Waals surface area contributed by atoms with Crippen molar-refractivity contribution in [2.24, 2.45) is 0 Å². The molecule has 0 aliphatic rings. The summed E-state index contributed by atoms with van der Waals surface area (Å²) in [7, 11) is 0. The monoisotopic (exact) mass is 378 g/mol. The molecule has 4 rings (SSSR count). The number of benzene rings is 2. The predicted molar refractivity (Wildman–Crippen MR) is 103 cm³/mol. The van der Waals surface area contributed by atoms with E-state index in [0.717, 1.165) is 11.1 Å². The zero-order valence-electron chi connectivity index (χ0n) is 14.2. The summed E-state index contributed by atoms with van der Waals surface area (Å²) in [6, 6.07) is 16.1. The Labute approximate surface area is 158 Å². The Morgan fingerprint density at radius 1 is 0.963 bits per heavy atom. The molecule has 7 heteroatoms. The van der Waals surface area contributed by atoms with Gasteiger partial charge in [-0.3, -0.25) is 9.36 Å². The first kappa shape index (κ1) is 17.4. The van der Waals surface area contributed by atoms with Crippen molar-refractivity contribution in [3.05, 3.63) is 94.3 Å². The fourth-order valence-electron chi connectivity index (χ4n) is 2.72. The van der Waals surface area contributed by atoms with Crippen molar-refractivity contribution in [3.63, 3.8) is 0 Å². The highest BCUT2D eigenvalue weighted by molar-refractivity contribution is 7.98. The van der Waals surface area contributed by atoms with Gasteiger partial charge in [0.2, 0.25) is 0 Å². The third kappa shape index (κ3) is 3.88. The topological polar surface area (TPSA) is 60.7 Å². The van der Waals surface area contributed by atoms with Gasteiger partial charge in [0.15, 0.2) is 16.3 Å². The van der Waals surface area contributed by atoms with Crippen LogP contribution in [0.5, 0.6) is 0 Å². The van der Waals surface area contributed by atoms with Gasteiger partial charge in [0.25, 0.3) is 5.56 Å². The largest absolute Gasteiger partial charge is 0.282 e. The first-order valence-electron chi connectivity index (χ1n) is 8.33. The normalized spacial score (nSPS) is 11.0. The van der Waals surface area contributed by atoms with Gasteiger partial charge < -0.3 is 0 Å². The molecular weight excluding hydrogens is 363 g/mol. The zero-order valence-corrected chi connectivity index (χ0v) is 15.1. The molecule has 2 heterocycles. The molecule has 0 bridgehead atoms. The number of hydrogen-bond donors (Lipinski definition) is 0. The fraction of sp³-hybridized carbons (Fsp3) is 0.100. The average molecular weight is 378 g/mol. The van der Waals surface area contributed by atoms with Crippen molar-refractivity contribution in [3.8, 4) is 0 Å². The summed E-state index contributed by atoms with van der Waals surface area (Å²) in [6.07, 6.45) is 3.00. The van der Waals surface area contributed by atoms with Crippen molar-refractivity contribution in [1.29, 1.82) is 0 Å². The van der Waals surface area contributed by atoms with E-state index in [2.05, 4.69) is 15.0 Å². The van der Waals surface area contributed by atoms with E-state index in [-0.39, 0.29) is 16.9 Å². The number of nitrogens with zero attached hydrogens (tertiary/aromatic N) is 4. The summed E-state index contributed by atoms with van der Waals surface area (Å²) in [5, 5.41) is 0.529. The van der Waals surface area contributed by atoms with Gasteiger partial charge in [-0.2, -0.15) is 0 Å². The predicted octanol–water partition coefficient (Wildman–Crippen LogP) is 3.67. The quantitative estimate of drug-likeness (QED) is 0.392. The molecule has 4 aromatic rings. The lowest BCUT2D eigenvalue weighted by molar-refractivity contribution is 0.626. The number of aromatic nitrogens is 4. The van der Waals surface area contributed by atoms with Gasteiger partial charge in [-0.25, -0.2) is 19.3 Å². The molecule has 0 saturated carbocycles. The average Bonchev–Trinajstić information content (AvgIpc) is 2.70. The third-order valence-corrected chi connectivity index (χ3v) is 5.05. The second-order valence-electron chi connectivity index (χ2n) is 5.92. The molecule has 0 unspecified atom stereocenters. The van der Waals surface area contributed by atoms with Gasteiger partial charge in [0.1, 0.15) is 5.82 Å². The van der Waals surface area contributed by atoms with Gasteiger partial charge in [-0.15, -0.1) is 0 Å². The van der Waals surface area contributed by atoms with Gasteiger partial charge in [0, 0.05) is 18.1 Å². The maximum absolute atomic E-state index is 13.4. The van der Waals surface area contributed by atoms with Crippen molar-refractivity contribution < 1.29 is 4.39 Å². The van der Waals surface area contributed by atoms with E-state index >= 15 is 0 Å². The molecule has 0 amide bonds. The number of rotatable bonds is 5. The first-order chi connectivity index (χ1) is 13.2. The number of thioether (sulfide) groups is 1. The molecule has 0 aliphatic carbocycles. The van der Waals surface area contributed by atoms with E-state index in [1.54, 1.807) is 10.6 Å². The highest BCUT2D eigenvalue weighted by Gasteiger charge is 2.14. The van der Waals surface area contributed by atoms with Crippen molar-refractivity contribution in [2.75, 3.05) is 0 Å². The summed E-state index contributed by atoms with van der Waals surface area (Å²) in [6.45, 7) is 0.380. The Morgan fingerprint density at radius 3 is 2.56 bits per heavy atom. The molecule has 0 radical (unpaired) electrons. The summed E-state index contributed by atoms with van der Waals surface area (Å²) in [5.74, 6) is 0.206. The van der Waals surface area contributed by atoms with Crippen LogP contribution < -0.4 is 5.56 Å². The number of halogens is 1. The van der Waals surface area contributed by atoms with Crippen molar-refractivity contribution in [1.82, 2.24) is 19.5 Å². The molecular formula is C20H15FN4OS. The van der Waals surface area contributed by atoms with E-state index in [9.17, 15) is 9.18 Å². The highest BCUT2D eigenvalue weighted by atomic mass is 32.2.